The molecule has 2 rings (SSSR count). The Hall–Kier alpha value is -2.11. The van der Waals surface area contributed by atoms with Gasteiger partial charge in [-0.05, 0) is 31.7 Å². The van der Waals surface area contributed by atoms with Crippen LogP contribution in [-0.2, 0) is 16.6 Å². The lowest BCUT2D eigenvalue weighted by Gasteiger charge is -2.25. The summed E-state index contributed by atoms with van der Waals surface area (Å²) in [6, 6.07) is 3.01. The fourth-order valence-corrected chi connectivity index (χ4v) is 2.55. The maximum atomic E-state index is 12.1. The molecule has 1 aliphatic rings. The molecule has 108 valence electrons. The van der Waals surface area contributed by atoms with Gasteiger partial charge in [0.2, 0.25) is 17.4 Å². The van der Waals surface area contributed by atoms with Crippen LogP contribution < -0.4 is 16.6 Å². The number of rotatable bonds is 3. The first kappa shape index (κ1) is 14.3. The summed E-state index contributed by atoms with van der Waals surface area (Å²) in [5.74, 6) is -0.534. The number of carbonyl (C=O) groups excluding carboxylic acids is 2. The number of carbonyl (C=O) groups is 2. The SMILES string of the molecule is Cn1cc(NC(=O)C2CCC(C(N)=O)CC2)ccc1=O. The minimum atomic E-state index is -0.276. The van der Waals surface area contributed by atoms with Crippen molar-refractivity contribution in [2.45, 2.75) is 25.7 Å². The number of aryl methyl sites for hydroxylation is 1. The Bertz CT molecular complexity index is 571. The van der Waals surface area contributed by atoms with E-state index in [2.05, 4.69) is 5.32 Å². The topological polar surface area (TPSA) is 94.2 Å². The zero-order chi connectivity index (χ0) is 14.7. The van der Waals surface area contributed by atoms with Crippen molar-refractivity contribution >= 4 is 17.5 Å². The smallest absolute Gasteiger partial charge is 0.250 e. The lowest BCUT2D eigenvalue weighted by Crippen LogP contribution is -2.32. The maximum Gasteiger partial charge on any atom is 0.250 e. The summed E-state index contributed by atoms with van der Waals surface area (Å²) in [6.07, 6.45) is 4.27. The van der Waals surface area contributed by atoms with Crippen LogP contribution in [0.3, 0.4) is 0 Å². The standard InChI is InChI=1S/C14H19N3O3/c1-17-8-11(6-7-12(17)18)16-14(20)10-4-2-9(3-5-10)13(15)19/h6-10H,2-5H2,1H3,(H2,15,19)(H,16,20). The summed E-state index contributed by atoms with van der Waals surface area (Å²) in [7, 11) is 1.63. The minimum Gasteiger partial charge on any atom is -0.369 e. The fourth-order valence-electron chi connectivity index (χ4n) is 2.55. The van der Waals surface area contributed by atoms with E-state index in [1.165, 1.54) is 10.6 Å². The van der Waals surface area contributed by atoms with Gasteiger partial charge in [-0.2, -0.15) is 0 Å². The number of amides is 2. The van der Waals surface area contributed by atoms with E-state index in [1.54, 1.807) is 19.3 Å². The number of nitrogens with two attached hydrogens (primary N) is 1. The second-order valence-electron chi connectivity index (χ2n) is 5.31. The van der Waals surface area contributed by atoms with Crippen LogP contribution in [0.1, 0.15) is 25.7 Å². The van der Waals surface area contributed by atoms with Gasteiger partial charge in [-0.25, -0.2) is 0 Å². The molecule has 1 aromatic rings. The first-order valence-corrected chi connectivity index (χ1v) is 6.74. The summed E-state index contributed by atoms with van der Waals surface area (Å²) in [6.45, 7) is 0. The molecule has 1 saturated carbocycles. The number of pyridine rings is 1. The molecule has 2 amide bonds. The molecule has 0 spiro atoms. The van der Waals surface area contributed by atoms with Gasteiger partial charge < -0.3 is 15.6 Å². The molecule has 6 heteroatoms. The molecule has 0 atom stereocenters. The Morgan fingerprint density at radius 3 is 2.35 bits per heavy atom. The average Bonchev–Trinajstić information content (AvgIpc) is 2.43. The lowest BCUT2D eigenvalue weighted by atomic mass is 9.81. The number of nitrogens with one attached hydrogen (secondary N) is 1. The molecule has 0 aliphatic heterocycles. The molecule has 20 heavy (non-hydrogen) atoms. The van der Waals surface area contributed by atoms with Crippen LogP contribution in [0.5, 0.6) is 0 Å². The largest absolute Gasteiger partial charge is 0.369 e. The van der Waals surface area contributed by atoms with Gasteiger partial charge in [0.25, 0.3) is 0 Å². The summed E-state index contributed by atoms with van der Waals surface area (Å²) in [5.41, 5.74) is 5.76. The van der Waals surface area contributed by atoms with E-state index in [0.717, 1.165) is 0 Å². The Kier molecular flexibility index (Phi) is 4.22. The van der Waals surface area contributed by atoms with Crippen molar-refractivity contribution in [3.8, 4) is 0 Å². The summed E-state index contributed by atoms with van der Waals surface area (Å²) in [5, 5.41) is 2.81. The Morgan fingerprint density at radius 2 is 1.80 bits per heavy atom. The number of nitrogens with zero attached hydrogens (tertiary/aromatic N) is 1. The number of hydrogen-bond acceptors (Lipinski definition) is 3. The second kappa shape index (κ2) is 5.90. The first-order valence-electron chi connectivity index (χ1n) is 6.74. The number of anilines is 1. The van der Waals surface area contributed by atoms with Gasteiger partial charge >= 0.3 is 0 Å². The highest BCUT2D eigenvalue weighted by atomic mass is 16.2. The monoisotopic (exact) mass is 277 g/mol. The molecule has 0 bridgehead atoms. The first-order chi connectivity index (χ1) is 9.47. The van der Waals surface area contributed by atoms with Crippen molar-refractivity contribution < 1.29 is 9.59 Å². The molecule has 1 aliphatic carbocycles. The Morgan fingerprint density at radius 1 is 1.20 bits per heavy atom. The van der Waals surface area contributed by atoms with Crippen LogP contribution >= 0.6 is 0 Å². The van der Waals surface area contributed by atoms with Crippen LogP contribution in [-0.4, -0.2) is 16.4 Å². The normalized spacial score (nSPS) is 22.2. The molecule has 1 aromatic heterocycles. The Balaban J connectivity index is 1.94. The van der Waals surface area contributed by atoms with E-state index >= 15 is 0 Å². The zero-order valence-corrected chi connectivity index (χ0v) is 11.5. The van der Waals surface area contributed by atoms with E-state index in [4.69, 9.17) is 5.73 Å². The molecule has 1 fully saturated rings. The van der Waals surface area contributed by atoms with Crippen molar-refractivity contribution in [1.29, 1.82) is 0 Å². The van der Waals surface area contributed by atoms with Gasteiger partial charge in [-0.15, -0.1) is 0 Å². The van der Waals surface area contributed by atoms with Gasteiger partial charge in [0.05, 0.1) is 5.69 Å². The quantitative estimate of drug-likeness (QED) is 0.847. The lowest BCUT2D eigenvalue weighted by molar-refractivity contribution is -0.126. The van der Waals surface area contributed by atoms with Crippen LogP contribution in [0.25, 0.3) is 0 Å². The molecule has 0 saturated heterocycles. The summed E-state index contributed by atoms with van der Waals surface area (Å²) in [4.78, 5) is 34.5. The third kappa shape index (κ3) is 3.26. The van der Waals surface area contributed by atoms with Gasteiger partial charge in [0.1, 0.15) is 0 Å². The highest BCUT2D eigenvalue weighted by molar-refractivity contribution is 5.92. The second-order valence-corrected chi connectivity index (χ2v) is 5.31. The molecular weight excluding hydrogens is 258 g/mol. The van der Waals surface area contributed by atoms with Crippen molar-refractivity contribution in [3.63, 3.8) is 0 Å². The Labute approximate surface area is 117 Å². The number of hydrogen-bond donors (Lipinski definition) is 2. The third-order valence-electron chi connectivity index (χ3n) is 3.85. The fraction of sp³-hybridized carbons (Fsp3) is 0.500. The predicted octanol–water partition coefficient (Wildman–Crippen LogP) is 0.615. The molecule has 6 nitrogen and oxygen atoms in total. The third-order valence-corrected chi connectivity index (χ3v) is 3.85. The molecule has 3 N–H and O–H groups in total. The van der Waals surface area contributed by atoms with Gasteiger partial charge in [0, 0.05) is 31.1 Å². The number of aromatic nitrogens is 1. The van der Waals surface area contributed by atoms with E-state index in [9.17, 15) is 14.4 Å². The van der Waals surface area contributed by atoms with E-state index in [-0.39, 0.29) is 29.2 Å². The van der Waals surface area contributed by atoms with E-state index in [0.29, 0.717) is 31.4 Å². The summed E-state index contributed by atoms with van der Waals surface area (Å²) >= 11 is 0. The van der Waals surface area contributed by atoms with Crippen LogP contribution in [0.4, 0.5) is 5.69 Å². The predicted molar refractivity (Wildman–Crippen MR) is 75.0 cm³/mol. The minimum absolute atomic E-state index is 0.0634. The van der Waals surface area contributed by atoms with Crippen molar-refractivity contribution in [1.82, 2.24) is 4.57 Å². The van der Waals surface area contributed by atoms with Gasteiger partial charge in [-0.1, -0.05) is 0 Å². The van der Waals surface area contributed by atoms with E-state index in [1.807, 2.05) is 0 Å². The van der Waals surface area contributed by atoms with Crippen molar-refractivity contribution in [3.05, 3.63) is 28.7 Å². The molecule has 1 heterocycles. The van der Waals surface area contributed by atoms with Crippen molar-refractivity contribution in [2.75, 3.05) is 5.32 Å². The average molecular weight is 277 g/mol. The number of primary amides is 1. The molecule has 0 aromatic carbocycles. The summed E-state index contributed by atoms with van der Waals surface area (Å²) < 4.78 is 1.42. The van der Waals surface area contributed by atoms with Crippen LogP contribution in [0.2, 0.25) is 0 Å². The molecule has 0 unspecified atom stereocenters. The van der Waals surface area contributed by atoms with Gasteiger partial charge in [-0.3, -0.25) is 14.4 Å². The van der Waals surface area contributed by atoms with Crippen LogP contribution in [0, 0.1) is 11.8 Å². The zero-order valence-electron chi connectivity index (χ0n) is 11.5. The molecule has 0 radical (unpaired) electrons. The maximum absolute atomic E-state index is 12.1. The highest BCUT2D eigenvalue weighted by Gasteiger charge is 2.28. The molecular formula is C14H19N3O3. The van der Waals surface area contributed by atoms with Gasteiger partial charge in [0.15, 0.2) is 0 Å². The van der Waals surface area contributed by atoms with E-state index < -0.39 is 0 Å². The van der Waals surface area contributed by atoms with Crippen LogP contribution in [0.15, 0.2) is 23.1 Å². The van der Waals surface area contributed by atoms with Crippen molar-refractivity contribution in [2.24, 2.45) is 24.6 Å². The highest BCUT2D eigenvalue weighted by Crippen LogP contribution is 2.29.